The van der Waals surface area contributed by atoms with Crippen LogP contribution in [0.2, 0.25) is 0 Å². The molecule has 1 aliphatic heterocycles. The van der Waals surface area contributed by atoms with Crippen molar-refractivity contribution in [3.63, 3.8) is 0 Å². The lowest BCUT2D eigenvalue weighted by molar-refractivity contribution is 0.0525. The average Bonchev–Trinajstić information content (AvgIpc) is 3.10. The van der Waals surface area contributed by atoms with E-state index >= 15 is 0 Å². The number of nitrogens with zero attached hydrogens (tertiary/aromatic N) is 4. The largest absolute Gasteiger partial charge is 0.465 e. The zero-order valence-electron chi connectivity index (χ0n) is 21.7. The number of carbonyl (C=O) groups excluding carboxylic acids is 2. The molecule has 0 spiro atoms. The van der Waals surface area contributed by atoms with E-state index in [1.165, 1.54) is 7.11 Å². The lowest BCUT2D eigenvalue weighted by Gasteiger charge is -2.32. The van der Waals surface area contributed by atoms with Gasteiger partial charge in [-0.2, -0.15) is 0 Å². The normalized spacial score (nSPS) is 15.3. The molecular weight excluding hydrogens is 448 g/mol. The number of nitrogen functional groups attached to an aromatic ring is 1. The predicted molar refractivity (Wildman–Crippen MR) is 136 cm³/mol. The quantitative estimate of drug-likeness (QED) is 0.409. The van der Waals surface area contributed by atoms with Gasteiger partial charge >= 0.3 is 12.1 Å². The van der Waals surface area contributed by atoms with Crippen molar-refractivity contribution >= 4 is 29.0 Å². The third-order valence-corrected chi connectivity index (χ3v) is 6.07. The van der Waals surface area contributed by atoms with Gasteiger partial charge in [0, 0.05) is 45.8 Å². The van der Waals surface area contributed by atoms with E-state index in [9.17, 15) is 9.59 Å². The molecule has 3 N–H and O–H groups in total. The molecule has 194 valence electrons. The number of hydrogen-bond donors (Lipinski definition) is 2. The number of piperazine rings is 1. The average molecular weight is 489 g/mol. The van der Waals surface area contributed by atoms with Crippen molar-refractivity contribution in [1.29, 1.82) is 0 Å². The van der Waals surface area contributed by atoms with Gasteiger partial charge in [-0.05, 0) is 64.8 Å². The second-order valence-electron chi connectivity index (χ2n) is 10.2. The summed E-state index contributed by atoms with van der Waals surface area (Å²) in [5.41, 5.74) is 8.69. The van der Waals surface area contributed by atoms with Crippen LogP contribution < -0.4 is 11.1 Å². The molecule has 1 aromatic heterocycles. The van der Waals surface area contributed by atoms with E-state index in [0.717, 1.165) is 57.5 Å². The van der Waals surface area contributed by atoms with Crippen LogP contribution in [-0.2, 0) is 22.6 Å². The number of nitrogens with two attached hydrogens (primary N) is 1. The van der Waals surface area contributed by atoms with Crippen molar-refractivity contribution in [3.8, 4) is 0 Å². The molecule has 0 bridgehead atoms. The Bertz CT molecular complexity index is 1020. The van der Waals surface area contributed by atoms with E-state index in [4.69, 9.17) is 15.2 Å². The highest BCUT2D eigenvalue weighted by atomic mass is 16.6. The summed E-state index contributed by atoms with van der Waals surface area (Å²) in [6.45, 7) is 11.5. The van der Waals surface area contributed by atoms with Crippen LogP contribution in [0.15, 0.2) is 12.1 Å². The van der Waals surface area contributed by atoms with Crippen molar-refractivity contribution in [2.75, 3.05) is 52.6 Å². The molecule has 1 aliphatic rings. The molecule has 0 atom stereocenters. The van der Waals surface area contributed by atoms with Crippen LogP contribution in [0, 0.1) is 0 Å². The summed E-state index contributed by atoms with van der Waals surface area (Å²) in [6.07, 6.45) is 2.11. The Balaban J connectivity index is 1.65. The first-order valence-electron chi connectivity index (χ1n) is 12.3. The van der Waals surface area contributed by atoms with Gasteiger partial charge in [-0.1, -0.05) is 0 Å². The minimum atomic E-state index is -0.508. The minimum absolute atomic E-state index is 0.383. The van der Waals surface area contributed by atoms with Crippen LogP contribution in [0.3, 0.4) is 0 Å². The van der Waals surface area contributed by atoms with Crippen LogP contribution in [0.5, 0.6) is 0 Å². The maximum atomic E-state index is 12.7. The fraction of sp³-hybridized carbons (Fsp3) is 0.640. The number of amides is 1. The first kappa shape index (κ1) is 26.7. The van der Waals surface area contributed by atoms with Crippen molar-refractivity contribution in [3.05, 3.63) is 23.3 Å². The molecule has 35 heavy (non-hydrogen) atoms. The number of methoxy groups -OCH3 is 1. The predicted octanol–water partition coefficient (Wildman–Crippen LogP) is 2.85. The summed E-state index contributed by atoms with van der Waals surface area (Å²) >= 11 is 0. The summed E-state index contributed by atoms with van der Waals surface area (Å²) in [4.78, 5) is 33.7. The van der Waals surface area contributed by atoms with E-state index in [1.807, 2.05) is 37.5 Å². The van der Waals surface area contributed by atoms with E-state index in [-0.39, 0.29) is 0 Å². The number of nitrogens with one attached hydrogen (secondary N) is 1. The van der Waals surface area contributed by atoms with Gasteiger partial charge in [0.25, 0.3) is 0 Å². The molecule has 2 heterocycles. The van der Waals surface area contributed by atoms with Gasteiger partial charge in [0.05, 0.1) is 23.7 Å². The van der Waals surface area contributed by atoms with E-state index < -0.39 is 17.7 Å². The first-order valence-corrected chi connectivity index (χ1v) is 12.3. The van der Waals surface area contributed by atoms with Crippen molar-refractivity contribution < 1.29 is 19.1 Å². The number of aromatic nitrogens is 2. The molecule has 10 nitrogen and oxygen atoms in total. The molecule has 0 aliphatic carbocycles. The summed E-state index contributed by atoms with van der Waals surface area (Å²) in [5.74, 6) is -0.00767. The lowest BCUT2D eigenvalue weighted by atomic mass is 10.1. The molecular formula is C25H40N6O4. The number of ether oxygens (including phenoxy) is 2. The minimum Gasteiger partial charge on any atom is -0.465 e. The number of anilines is 1. The maximum absolute atomic E-state index is 12.7. The second-order valence-corrected chi connectivity index (χ2v) is 10.2. The van der Waals surface area contributed by atoms with Gasteiger partial charge in [-0.15, -0.1) is 0 Å². The highest BCUT2D eigenvalue weighted by Crippen LogP contribution is 2.26. The smallest absolute Gasteiger partial charge is 0.407 e. The van der Waals surface area contributed by atoms with Gasteiger partial charge in [0.15, 0.2) is 0 Å². The third kappa shape index (κ3) is 7.57. The topological polar surface area (TPSA) is 115 Å². The first-order chi connectivity index (χ1) is 16.6. The zero-order chi connectivity index (χ0) is 25.6. The summed E-state index contributed by atoms with van der Waals surface area (Å²) < 4.78 is 12.2. The fourth-order valence-corrected chi connectivity index (χ4v) is 4.27. The van der Waals surface area contributed by atoms with Crippen molar-refractivity contribution in [2.24, 2.45) is 0 Å². The molecule has 10 heteroatoms. The van der Waals surface area contributed by atoms with Crippen molar-refractivity contribution in [2.45, 2.75) is 58.7 Å². The summed E-state index contributed by atoms with van der Waals surface area (Å²) in [6, 6.07) is 3.94. The highest BCUT2D eigenvalue weighted by Gasteiger charge is 2.21. The number of esters is 1. The zero-order valence-corrected chi connectivity index (χ0v) is 21.7. The van der Waals surface area contributed by atoms with E-state index in [2.05, 4.69) is 27.1 Å². The molecule has 0 radical (unpaired) electrons. The monoisotopic (exact) mass is 488 g/mol. The SMILES string of the molecule is COC(=O)c1cc(CN2CCN(C)CC2)cc2nc(N)n(CCCCCNC(=O)OC(C)(C)C)c12. The Labute approximate surface area is 207 Å². The summed E-state index contributed by atoms with van der Waals surface area (Å²) in [5, 5.41) is 2.77. The number of hydrogen-bond acceptors (Lipinski definition) is 8. The van der Waals surface area contributed by atoms with Gasteiger partial charge < -0.3 is 30.0 Å². The number of likely N-dealkylation sites (N-methyl/N-ethyl adjacent to an activating group) is 1. The number of benzene rings is 1. The van der Waals surface area contributed by atoms with Gasteiger partial charge in [-0.25, -0.2) is 14.6 Å². The van der Waals surface area contributed by atoms with Crippen LogP contribution in [-0.4, -0.2) is 83.9 Å². The fourth-order valence-electron chi connectivity index (χ4n) is 4.27. The standard InChI is InChI=1S/C25H40N6O4/c1-25(2,3)35-24(33)27-9-7-6-8-10-31-21-19(22(32)34-5)15-18(16-20(21)28-23(31)26)17-30-13-11-29(4)12-14-30/h15-16H,6-14,17H2,1-5H3,(H2,26,28)(H,27,33). The second kappa shape index (κ2) is 11.7. The molecule has 0 unspecified atom stereocenters. The van der Waals surface area contributed by atoms with Gasteiger partial charge in [-0.3, -0.25) is 4.90 Å². The Hall–Kier alpha value is -2.85. The Morgan fingerprint density at radius 2 is 1.83 bits per heavy atom. The number of unbranched alkanes of at least 4 members (excludes halogenated alkanes) is 2. The molecule has 1 fully saturated rings. The Morgan fingerprint density at radius 3 is 2.49 bits per heavy atom. The maximum Gasteiger partial charge on any atom is 0.407 e. The Morgan fingerprint density at radius 1 is 1.11 bits per heavy atom. The number of fused-ring (bicyclic) bond motifs is 1. The molecule has 1 aromatic carbocycles. The van der Waals surface area contributed by atoms with Crippen molar-refractivity contribution in [1.82, 2.24) is 24.7 Å². The van der Waals surface area contributed by atoms with Gasteiger partial charge in [0.1, 0.15) is 5.60 Å². The number of carbonyl (C=O) groups is 2. The molecule has 3 rings (SSSR count). The number of imidazole rings is 1. The van der Waals surface area contributed by atoms with Crippen LogP contribution in [0.1, 0.15) is 56.0 Å². The van der Waals surface area contributed by atoms with Crippen LogP contribution in [0.4, 0.5) is 10.7 Å². The Kier molecular flexibility index (Phi) is 8.96. The highest BCUT2D eigenvalue weighted by molar-refractivity contribution is 6.03. The number of alkyl carbamates (subject to hydrolysis) is 1. The number of aryl methyl sites for hydroxylation is 1. The lowest BCUT2D eigenvalue weighted by Crippen LogP contribution is -2.43. The third-order valence-electron chi connectivity index (χ3n) is 6.07. The van der Waals surface area contributed by atoms with E-state index in [1.54, 1.807) is 0 Å². The van der Waals surface area contributed by atoms with E-state index in [0.29, 0.717) is 35.6 Å². The number of rotatable bonds is 9. The van der Waals surface area contributed by atoms with Crippen LogP contribution >= 0.6 is 0 Å². The van der Waals surface area contributed by atoms with Crippen LogP contribution in [0.25, 0.3) is 11.0 Å². The molecule has 1 amide bonds. The van der Waals surface area contributed by atoms with Gasteiger partial charge in [0.2, 0.25) is 5.95 Å². The molecule has 1 saturated heterocycles. The molecule has 2 aromatic rings. The summed E-state index contributed by atoms with van der Waals surface area (Å²) in [7, 11) is 3.52. The molecule has 0 saturated carbocycles.